The van der Waals surface area contributed by atoms with Crippen molar-refractivity contribution in [2.45, 2.75) is 19.6 Å². The normalized spacial score (nSPS) is 11.7. The Labute approximate surface area is 116 Å². The number of benzene rings is 1. The molecule has 0 bridgehead atoms. The molecule has 0 aliphatic heterocycles. The fourth-order valence-electron chi connectivity index (χ4n) is 1.34. The summed E-state index contributed by atoms with van der Waals surface area (Å²) in [7, 11) is 1.64. The second-order valence-electron chi connectivity index (χ2n) is 3.90. The first-order valence-corrected chi connectivity index (χ1v) is 5.47. The molecular weight excluding hydrogens is 278 g/mol. The smallest absolute Gasteiger partial charge is 0.387 e. The van der Waals surface area contributed by atoms with Crippen molar-refractivity contribution < 1.29 is 18.3 Å². The van der Waals surface area contributed by atoms with E-state index in [1.807, 2.05) is 6.92 Å². The zero-order valence-electron chi connectivity index (χ0n) is 10.7. The number of carbonyl (C=O) groups excluding carboxylic acids is 1. The largest absolute Gasteiger partial charge is 0.435 e. The molecule has 0 aliphatic rings. The quantitative estimate of drug-likeness (QED) is 0.905. The van der Waals surface area contributed by atoms with Gasteiger partial charge in [0.25, 0.3) is 5.91 Å². The molecule has 0 spiro atoms. The van der Waals surface area contributed by atoms with Crippen LogP contribution in [0.2, 0.25) is 0 Å². The van der Waals surface area contributed by atoms with Gasteiger partial charge in [0.05, 0.1) is 0 Å². The van der Waals surface area contributed by atoms with Crippen LogP contribution in [0.25, 0.3) is 0 Å². The van der Waals surface area contributed by atoms with Crippen LogP contribution >= 0.6 is 12.4 Å². The zero-order chi connectivity index (χ0) is 13.7. The van der Waals surface area contributed by atoms with E-state index in [1.165, 1.54) is 29.2 Å². The van der Waals surface area contributed by atoms with Gasteiger partial charge in [-0.1, -0.05) is 0 Å². The van der Waals surface area contributed by atoms with E-state index >= 15 is 0 Å². The van der Waals surface area contributed by atoms with E-state index in [0.29, 0.717) is 12.1 Å². The summed E-state index contributed by atoms with van der Waals surface area (Å²) in [6, 6.07) is 5.47. The fourth-order valence-corrected chi connectivity index (χ4v) is 1.34. The number of rotatable bonds is 5. The zero-order valence-corrected chi connectivity index (χ0v) is 11.5. The summed E-state index contributed by atoms with van der Waals surface area (Å²) in [6.07, 6.45) is 0. The third-order valence-electron chi connectivity index (χ3n) is 2.65. The molecule has 0 radical (unpaired) electrons. The minimum Gasteiger partial charge on any atom is -0.435 e. The number of likely N-dealkylation sites (N-methyl/N-ethyl adjacent to an activating group) is 1. The number of alkyl halides is 2. The number of halogens is 3. The van der Waals surface area contributed by atoms with E-state index in [4.69, 9.17) is 5.73 Å². The molecule has 0 aromatic heterocycles. The fraction of sp³-hybridized carbons (Fsp3) is 0.417. The lowest BCUT2D eigenvalue weighted by atomic mass is 10.1. The van der Waals surface area contributed by atoms with Crippen molar-refractivity contribution in [1.29, 1.82) is 0 Å². The monoisotopic (exact) mass is 294 g/mol. The second-order valence-corrected chi connectivity index (χ2v) is 3.90. The Morgan fingerprint density at radius 1 is 1.37 bits per heavy atom. The van der Waals surface area contributed by atoms with Gasteiger partial charge in [-0.3, -0.25) is 4.79 Å². The number of carbonyl (C=O) groups is 1. The van der Waals surface area contributed by atoms with E-state index in [1.54, 1.807) is 7.05 Å². The summed E-state index contributed by atoms with van der Waals surface area (Å²) < 4.78 is 28.1. The lowest BCUT2D eigenvalue weighted by Gasteiger charge is -2.23. The van der Waals surface area contributed by atoms with Gasteiger partial charge in [-0.2, -0.15) is 8.78 Å². The molecule has 19 heavy (non-hydrogen) atoms. The molecule has 1 amide bonds. The van der Waals surface area contributed by atoms with E-state index in [2.05, 4.69) is 4.74 Å². The molecule has 1 rings (SSSR count). The maximum Gasteiger partial charge on any atom is 0.387 e. The second kappa shape index (κ2) is 7.91. The molecule has 1 aromatic rings. The maximum atomic E-state index is 12.0. The summed E-state index contributed by atoms with van der Waals surface area (Å²) in [5, 5.41) is 0. The molecule has 1 unspecified atom stereocenters. The Kier molecular flexibility index (Phi) is 7.33. The van der Waals surface area contributed by atoms with Crippen LogP contribution in [-0.2, 0) is 0 Å². The molecular formula is C12H17ClF2N2O2. The molecule has 2 N–H and O–H groups in total. The van der Waals surface area contributed by atoms with Gasteiger partial charge in [0, 0.05) is 25.2 Å². The van der Waals surface area contributed by atoms with Crippen molar-refractivity contribution in [3.63, 3.8) is 0 Å². The number of nitrogens with two attached hydrogens (primary N) is 1. The predicted molar refractivity (Wildman–Crippen MR) is 70.9 cm³/mol. The summed E-state index contributed by atoms with van der Waals surface area (Å²) in [5.41, 5.74) is 5.87. The first-order valence-electron chi connectivity index (χ1n) is 5.47. The molecule has 1 atom stereocenters. The van der Waals surface area contributed by atoms with Gasteiger partial charge in [0.15, 0.2) is 0 Å². The Morgan fingerprint density at radius 2 is 1.89 bits per heavy atom. The number of ether oxygens (including phenoxy) is 1. The van der Waals surface area contributed by atoms with Crippen molar-refractivity contribution in [2.24, 2.45) is 5.73 Å². The van der Waals surface area contributed by atoms with E-state index in [9.17, 15) is 13.6 Å². The van der Waals surface area contributed by atoms with Crippen LogP contribution in [0.1, 0.15) is 17.3 Å². The first kappa shape index (κ1) is 17.6. The van der Waals surface area contributed by atoms with E-state index in [-0.39, 0.29) is 30.1 Å². The standard InChI is InChI=1S/C12H16F2N2O2.ClH/c1-8(7-15)16(2)11(17)9-3-5-10(6-4-9)18-12(13)14;/h3-6,8,12H,7,15H2,1-2H3;1H. The Bertz CT molecular complexity index is 401. The predicted octanol–water partition coefficient (Wildman–Crippen LogP) is 2.13. The van der Waals surface area contributed by atoms with Crippen molar-refractivity contribution in [3.05, 3.63) is 29.8 Å². The van der Waals surface area contributed by atoms with Crippen LogP contribution in [0, 0.1) is 0 Å². The number of hydrogen-bond acceptors (Lipinski definition) is 3. The SMILES string of the molecule is CC(CN)N(C)C(=O)c1ccc(OC(F)F)cc1.Cl. The Hall–Kier alpha value is -1.40. The topological polar surface area (TPSA) is 55.6 Å². The highest BCUT2D eigenvalue weighted by molar-refractivity contribution is 5.94. The van der Waals surface area contributed by atoms with Crippen LogP contribution in [0.3, 0.4) is 0 Å². The van der Waals surface area contributed by atoms with Crippen molar-refractivity contribution in [2.75, 3.05) is 13.6 Å². The molecule has 0 fully saturated rings. The van der Waals surface area contributed by atoms with Crippen molar-refractivity contribution >= 4 is 18.3 Å². The highest BCUT2D eigenvalue weighted by Crippen LogP contribution is 2.16. The van der Waals surface area contributed by atoms with E-state index < -0.39 is 6.61 Å². The van der Waals surface area contributed by atoms with Gasteiger partial charge in [-0.25, -0.2) is 0 Å². The molecule has 0 saturated carbocycles. The summed E-state index contributed by atoms with van der Waals surface area (Å²) >= 11 is 0. The van der Waals surface area contributed by atoms with Gasteiger partial charge >= 0.3 is 6.61 Å². The third-order valence-corrected chi connectivity index (χ3v) is 2.65. The molecule has 0 aliphatic carbocycles. The minimum absolute atomic E-state index is 0. The molecule has 108 valence electrons. The third kappa shape index (κ3) is 5.00. The summed E-state index contributed by atoms with van der Waals surface area (Å²) in [6.45, 7) is -0.687. The van der Waals surface area contributed by atoms with Gasteiger partial charge in [-0.15, -0.1) is 12.4 Å². The van der Waals surface area contributed by atoms with Crippen molar-refractivity contribution in [3.8, 4) is 5.75 Å². The Balaban J connectivity index is 0.00000324. The number of amides is 1. The van der Waals surface area contributed by atoms with Crippen LogP contribution in [0.5, 0.6) is 5.75 Å². The number of hydrogen-bond donors (Lipinski definition) is 1. The van der Waals surface area contributed by atoms with Crippen LogP contribution in [-0.4, -0.2) is 37.1 Å². The van der Waals surface area contributed by atoms with Crippen LogP contribution in [0.4, 0.5) is 8.78 Å². The average Bonchev–Trinajstić information content (AvgIpc) is 2.36. The lowest BCUT2D eigenvalue weighted by molar-refractivity contribution is -0.0498. The van der Waals surface area contributed by atoms with Crippen LogP contribution in [0.15, 0.2) is 24.3 Å². The van der Waals surface area contributed by atoms with Gasteiger partial charge in [-0.05, 0) is 31.2 Å². The van der Waals surface area contributed by atoms with Gasteiger partial charge < -0.3 is 15.4 Å². The Morgan fingerprint density at radius 3 is 2.32 bits per heavy atom. The first-order chi connectivity index (χ1) is 8.45. The number of nitrogens with zero attached hydrogens (tertiary/aromatic N) is 1. The molecule has 1 aromatic carbocycles. The van der Waals surface area contributed by atoms with Crippen LogP contribution < -0.4 is 10.5 Å². The average molecular weight is 295 g/mol. The van der Waals surface area contributed by atoms with Gasteiger partial charge in [0.1, 0.15) is 5.75 Å². The van der Waals surface area contributed by atoms with Gasteiger partial charge in [0.2, 0.25) is 0 Å². The molecule has 7 heteroatoms. The lowest BCUT2D eigenvalue weighted by Crippen LogP contribution is -2.39. The minimum atomic E-state index is -2.87. The molecule has 4 nitrogen and oxygen atoms in total. The highest BCUT2D eigenvalue weighted by Gasteiger charge is 2.16. The molecule has 0 saturated heterocycles. The molecule has 0 heterocycles. The highest BCUT2D eigenvalue weighted by atomic mass is 35.5. The van der Waals surface area contributed by atoms with E-state index in [0.717, 1.165) is 0 Å². The maximum absolute atomic E-state index is 12.0. The summed E-state index contributed by atoms with van der Waals surface area (Å²) in [4.78, 5) is 13.5. The van der Waals surface area contributed by atoms with Crippen molar-refractivity contribution in [1.82, 2.24) is 4.90 Å². The summed E-state index contributed by atoms with van der Waals surface area (Å²) in [5.74, 6) is -0.187.